The Hall–Kier alpha value is -1.64. The molecule has 3 rings (SSSR count). The lowest BCUT2D eigenvalue weighted by Gasteiger charge is -2.57. The van der Waals surface area contributed by atoms with Crippen LogP contribution in [-0.4, -0.2) is 16.7 Å². The molecule has 0 spiro atoms. The highest BCUT2D eigenvalue weighted by Crippen LogP contribution is 2.60. The molecule has 2 saturated carbocycles. The summed E-state index contributed by atoms with van der Waals surface area (Å²) in [6.07, 6.45) is 3.80. The Morgan fingerprint density at radius 2 is 1.84 bits per heavy atom. The summed E-state index contributed by atoms with van der Waals surface area (Å²) in [4.78, 5) is 26.2. The molecule has 136 valence electrons. The summed E-state index contributed by atoms with van der Waals surface area (Å²) in [6.45, 7) is 10.5. The smallest absolute Gasteiger partial charge is 0.167 e. The fourth-order valence-electron chi connectivity index (χ4n) is 5.80. The maximum Gasteiger partial charge on any atom is 0.167 e. The average Bonchev–Trinajstić information content (AvgIpc) is 2.48. The summed E-state index contributed by atoms with van der Waals surface area (Å²) in [7, 11) is 0. The first kappa shape index (κ1) is 18.2. The van der Waals surface area contributed by atoms with Crippen LogP contribution in [0.5, 0.6) is 5.75 Å². The van der Waals surface area contributed by atoms with Gasteiger partial charge in [-0.15, -0.1) is 0 Å². The predicted octanol–water partition coefficient (Wildman–Crippen LogP) is 4.94. The Kier molecular flexibility index (Phi) is 4.33. The minimum atomic E-state index is -0.306. The number of fused-ring (bicyclic) bond motifs is 1. The van der Waals surface area contributed by atoms with Crippen molar-refractivity contribution in [2.24, 2.45) is 28.6 Å². The van der Waals surface area contributed by atoms with E-state index in [1.807, 2.05) is 19.9 Å². The number of Topliss-reactive ketones (excluding diaryl/α,β-unsaturated/α-hetero) is 2. The predicted molar refractivity (Wildman–Crippen MR) is 98.7 cm³/mol. The lowest BCUT2D eigenvalue weighted by atomic mass is 9.45. The zero-order valence-electron chi connectivity index (χ0n) is 16.1. The van der Waals surface area contributed by atoms with Gasteiger partial charge in [0, 0.05) is 23.8 Å². The largest absolute Gasteiger partial charge is 0.508 e. The highest BCUT2D eigenvalue weighted by molar-refractivity contribution is 6.02. The standard InChI is InChI=1S/C22H30O3/c1-13-9-15(11-16(23)10-13)20(25)19-14(2)17(24)12-18-21(3,4)7-6-8-22(18,19)5/h9-11,14,18-19,23H,6-8,12H2,1-5H3. The fourth-order valence-corrected chi connectivity index (χ4v) is 5.80. The Morgan fingerprint density at radius 3 is 2.48 bits per heavy atom. The molecule has 2 aliphatic carbocycles. The van der Waals surface area contributed by atoms with Crippen LogP contribution < -0.4 is 0 Å². The lowest BCUT2D eigenvalue weighted by Crippen LogP contribution is -2.56. The number of aryl methyl sites for hydroxylation is 1. The van der Waals surface area contributed by atoms with Crippen LogP contribution >= 0.6 is 0 Å². The molecule has 4 atom stereocenters. The van der Waals surface area contributed by atoms with Gasteiger partial charge in [-0.1, -0.05) is 34.1 Å². The summed E-state index contributed by atoms with van der Waals surface area (Å²) in [5, 5.41) is 9.92. The van der Waals surface area contributed by atoms with Crippen molar-refractivity contribution in [3.63, 3.8) is 0 Å². The van der Waals surface area contributed by atoms with Gasteiger partial charge >= 0.3 is 0 Å². The molecular formula is C22H30O3. The first-order valence-electron chi connectivity index (χ1n) is 9.44. The third-order valence-electron chi connectivity index (χ3n) is 7.03. The average molecular weight is 342 g/mol. The van der Waals surface area contributed by atoms with Crippen LogP contribution in [0, 0.1) is 35.5 Å². The van der Waals surface area contributed by atoms with Crippen LogP contribution in [-0.2, 0) is 4.79 Å². The Labute approximate surface area is 150 Å². The topological polar surface area (TPSA) is 54.4 Å². The molecule has 0 aromatic heterocycles. The van der Waals surface area contributed by atoms with Crippen molar-refractivity contribution in [1.29, 1.82) is 0 Å². The molecule has 0 amide bonds. The van der Waals surface area contributed by atoms with E-state index in [0.29, 0.717) is 12.0 Å². The summed E-state index contributed by atoms with van der Waals surface area (Å²) in [5.41, 5.74) is 1.32. The van der Waals surface area contributed by atoms with Crippen molar-refractivity contribution in [2.75, 3.05) is 0 Å². The van der Waals surface area contributed by atoms with E-state index >= 15 is 0 Å². The number of carbonyl (C=O) groups excluding carboxylic acids is 2. The van der Waals surface area contributed by atoms with Crippen molar-refractivity contribution in [3.8, 4) is 5.75 Å². The Morgan fingerprint density at radius 1 is 1.16 bits per heavy atom. The molecule has 25 heavy (non-hydrogen) atoms. The fraction of sp³-hybridized carbons (Fsp3) is 0.636. The van der Waals surface area contributed by atoms with Crippen LogP contribution in [0.2, 0.25) is 0 Å². The van der Waals surface area contributed by atoms with Gasteiger partial charge in [0.2, 0.25) is 0 Å². The summed E-state index contributed by atoms with van der Waals surface area (Å²) in [5.74, 6) is 0.0240. The summed E-state index contributed by atoms with van der Waals surface area (Å²) >= 11 is 0. The highest BCUT2D eigenvalue weighted by atomic mass is 16.3. The number of hydrogen-bond acceptors (Lipinski definition) is 3. The van der Waals surface area contributed by atoms with Crippen LogP contribution in [0.3, 0.4) is 0 Å². The van der Waals surface area contributed by atoms with Gasteiger partial charge in [-0.2, -0.15) is 0 Å². The lowest BCUT2D eigenvalue weighted by molar-refractivity contribution is -0.143. The zero-order valence-corrected chi connectivity index (χ0v) is 16.1. The number of hydrogen-bond donors (Lipinski definition) is 1. The number of ketones is 2. The van der Waals surface area contributed by atoms with Crippen LogP contribution in [0.15, 0.2) is 18.2 Å². The van der Waals surface area contributed by atoms with E-state index < -0.39 is 0 Å². The second kappa shape index (κ2) is 5.96. The first-order chi connectivity index (χ1) is 11.6. The van der Waals surface area contributed by atoms with Crippen molar-refractivity contribution in [3.05, 3.63) is 29.3 Å². The van der Waals surface area contributed by atoms with E-state index in [2.05, 4.69) is 20.8 Å². The third kappa shape index (κ3) is 2.92. The van der Waals surface area contributed by atoms with Crippen LogP contribution in [0.4, 0.5) is 0 Å². The quantitative estimate of drug-likeness (QED) is 0.774. The van der Waals surface area contributed by atoms with Gasteiger partial charge in [-0.3, -0.25) is 9.59 Å². The van der Waals surface area contributed by atoms with Gasteiger partial charge in [0.15, 0.2) is 5.78 Å². The van der Waals surface area contributed by atoms with Crippen molar-refractivity contribution in [1.82, 2.24) is 0 Å². The van der Waals surface area contributed by atoms with Gasteiger partial charge in [-0.25, -0.2) is 0 Å². The SMILES string of the molecule is Cc1cc(O)cc(C(=O)C2C(C)C(=O)CC3C(C)(C)CCCC23C)c1. The molecule has 0 saturated heterocycles. The van der Waals surface area contributed by atoms with Crippen LogP contribution in [0.1, 0.15) is 69.3 Å². The maximum absolute atomic E-state index is 13.5. The van der Waals surface area contributed by atoms with Crippen molar-refractivity contribution >= 4 is 11.6 Å². The van der Waals surface area contributed by atoms with Gasteiger partial charge in [0.05, 0.1) is 0 Å². The number of rotatable bonds is 2. The zero-order chi connectivity index (χ0) is 18.6. The van der Waals surface area contributed by atoms with Gasteiger partial charge in [0.1, 0.15) is 11.5 Å². The monoisotopic (exact) mass is 342 g/mol. The molecule has 2 aliphatic rings. The van der Waals surface area contributed by atoms with Crippen molar-refractivity contribution < 1.29 is 14.7 Å². The van der Waals surface area contributed by atoms with Crippen LogP contribution in [0.25, 0.3) is 0 Å². The molecule has 3 heteroatoms. The van der Waals surface area contributed by atoms with E-state index in [4.69, 9.17) is 0 Å². The maximum atomic E-state index is 13.5. The van der Waals surface area contributed by atoms with Gasteiger partial charge in [-0.05, 0) is 60.3 Å². The second-order valence-corrected chi connectivity index (χ2v) is 9.26. The van der Waals surface area contributed by atoms with E-state index in [9.17, 15) is 14.7 Å². The Bertz CT molecular complexity index is 698. The molecule has 1 aromatic rings. The number of aromatic hydroxyl groups is 1. The van der Waals surface area contributed by atoms with E-state index in [1.165, 1.54) is 0 Å². The minimum absolute atomic E-state index is 0.0183. The molecule has 0 radical (unpaired) electrons. The van der Waals surface area contributed by atoms with E-state index in [0.717, 1.165) is 24.8 Å². The first-order valence-corrected chi connectivity index (χ1v) is 9.44. The molecule has 0 heterocycles. The number of phenols is 1. The summed E-state index contributed by atoms with van der Waals surface area (Å²) < 4.78 is 0. The number of phenolic OH excluding ortho intramolecular Hbond substituents is 1. The third-order valence-corrected chi connectivity index (χ3v) is 7.03. The van der Waals surface area contributed by atoms with Gasteiger partial charge in [0.25, 0.3) is 0 Å². The number of carbonyl (C=O) groups is 2. The minimum Gasteiger partial charge on any atom is -0.508 e. The van der Waals surface area contributed by atoms with E-state index in [-0.39, 0.29) is 45.9 Å². The summed E-state index contributed by atoms with van der Waals surface area (Å²) in [6, 6.07) is 5.04. The number of benzene rings is 1. The molecule has 2 fully saturated rings. The molecular weight excluding hydrogens is 312 g/mol. The van der Waals surface area contributed by atoms with E-state index in [1.54, 1.807) is 12.1 Å². The molecule has 0 aliphatic heterocycles. The molecule has 4 unspecified atom stereocenters. The highest BCUT2D eigenvalue weighted by Gasteiger charge is 2.58. The normalized spacial score (nSPS) is 34.4. The molecule has 3 nitrogen and oxygen atoms in total. The van der Waals surface area contributed by atoms with Gasteiger partial charge < -0.3 is 5.11 Å². The second-order valence-electron chi connectivity index (χ2n) is 9.26. The Balaban J connectivity index is 2.08. The molecule has 0 bridgehead atoms. The molecule has 1 aromatic carbocycles. The van der Waals surface area contributed by atoms with Crippen molar-refractivity contribution in [2.45, 2.75) is 60.3 Å². The molecule has 1 N–H and O–H groups in total.